The summed E-state index contributed by atoms with van der Waals surface area (Å²) in [5.41, 5.74) is 1.10. The van der Waals surface area contributed by atoms with Crippen molar-refractivity contribution in [2.75, 3.05) is 13.6 Å². The van der Waals surface area contributed by atoms with Gasteiger partial charge in [-0.3, -0.25) is 5.01 Å². The van der Waals surface area contributed by atoms with Gasteiger partial charge in [-0.2, -0.15) is 5.10 Å². The normalized spacial score (nSPS) is 37.6. The molecule has 18 heavy (non-hydrogen) atoms. The van der Waals surface area contributed by atoms with Gasteiger partial charge < -0.3 is 0 Å². The van der Waals surface area contributed by atoms with E-state index in [2.05, 4.69) is 28.0 Å². The molecule has 100 valence electrons. The highest BCUT2D eigenvalue weighted by molar-refractivity contribution is 9.10. The molecule has 1 aliphatic heterocycles. The Morgan fingerprint density at radius 2 is 2.28 bits per heavy atom. The van der Waals surface area contributed by atoms with Crippen molar-refractivity contribution in [1.82, 2.24) is 5.01 Å². The van der Waals surface area contributed by atoms with Crippen LogP contribution in [0, 0.1) is 17.8 Å². The fraction of sp³-hybridized carbons (Fsp3) is 0.643. The quantitative estimate of drug-likeness (QED) is 0.709. The van der Waals surface area contributed by atoms with Gasteiger partial charge in [-0.1, -0.05) is 28.4 Å². The first-order chi connectivity index (χ1) is 8.31. The maximum absolute atomic E-state index is 13.5. The number of rotatable bonds is 2. The van der Waals surface area contributed by atoms with Crippen LogP contribution in [0.2, 0.25) is 0 Å². The lowest BCUT2D eigenvalue weighted by Crippen LogP contribution is -2.38. The van der Waals surface area contributed by atoms with Crippen LogP contribution in [0.25, 0.3) is 0 Å². The van der Waals surface area contributed by atoms with Crippen LogP contribution in [-0.4, -0.2) is 29.1 Å². The van der Waals surface area contributed by atoms with E-state index in [0.29, 0.717) is 17.8 Å². The zero-order chi connectivity index (χ0) is 13.5. The molecule has 0 N–H and O–H groups in total. The predicted octanol–water partition coefficient (Wildman–Crippen LogP) is 3.75. The number of hydrazone groups is 1. The van der Waals surface area contributed by atoms with E-state index in [1.165, 1.54) is 0 Å². The van der Waals surface area contributed by atoms with Gasteiger partial charge in [0.1, 0.15) is 5.83 Å². The van der Waals surface area contributed by atoms with E-state index in [-0.39, 0.29) is 10.2 Å². The van der Waals surface area contributed by atoms with E-state index in [4.69, 9.17) is 0 Å². The summed E-state index contributed by atoms with van der Waals surface area (Å²) in [6.07, 6.45) is 5.35. The lowest BCUT2D eigenvalue weighted by Gasteiger charge is -2.39. The standard InChI is InChI=1S/C14H20BrFN2/c1-9-5-12(16)6-14(3,15)13(9)10(2)11-7-17-18(4)8-11/h5-7,10-11,13H,8H2,1-4H3. The summed E-state index contributed by atoms with van der Waals surface area (Å²) in [5, 5.41) is 6.27. The summed E-state index contributed by atoms with van der Waals surface area (Å²) < 4.78 is 13.2. The average Bonchev–Trinajstić information content (AvgIpc) is 2.61. The molecule has 2 aliphatic rings. The summed E-state index contributed by atoms with van der Waals surface area (Å²) in [6, 6.07) is 0. The van der Waals surface area contributed by atoms with E-state index in [1.54, 1.807) is 12.2 Å². The van der Waals surface area contributed by atoms with Crippen LogP contribution in [0.4, 0.5) is 4.39 Å². The Balaban J connectivity index is 2.22. The van der Waals surface area contributed by atoms with Gasteiger partial charge in [0.25, 0.3) is 0 Å². The Hall–Kier alpha value is -0.640. The second kappa shape index (κ2) is 4.80. The molecule has 0 aromatic carbocycles. The summed E-state index contributed by atoms with van der Waals surface area (Å²) in [4.78, 5) is 0. The summed E-state index contributed by atoms with van der Waals surface area (Å²) in [7, 11) is 1.99. The van der Waals surface area contributed by atoms with Crippen LogP contribution in [0.1, 0.15) is 20.8 Å². The van der Waals surface area contributed by atoms with Crippen LogP contribution in [-0.2, 0) is 0 Å². The molecule has 0 aromatic heterocycles. The third kappa shape index (κ3) is 2.53. The van der Waals surface area contributed by atoms with Crippen LogP contribution >= 0.6 is 15.9 Å². The zero-order valence-electron chi connectivity index (χ0n) is 11.3. The van der Waals surface area contributed by atoms with E-state index in [9.17, 15) is 4.39 Å². The van der Waals surface area contributed by atoms with Gasteiger partial charge in [-0.25, -0.2) is 4.39 Å². The molecule has 0 amide bonds. The third-order valence-corrected chi connectivity index (χ3v) is 4.74. The van der Waals surface area contributed by atoms with Gasteiger partial charge in [0.05, 0.1) is 4.32 Å². The maximum atomic E-state index is 13.5. The molecule has 2 rings (SSSR count). The van der Waals surface area contributed by atoms with Crippen molar-refractivity contribution >= 4 is 22.1 Å². The topological polar surface area (TPSA) is 15.6 Å². The molecule has 1 aliphatic carbocycles. The molecule has 0 aromatic rings. The lowest BCUT2D eigenvalue weighted by atomic mass is 9.71. The van der Waals surface area contributed by atoms with Crippen molar-refractivity contribution in [3.63, 3.8) is 0 Å². The zero-order valence-corrected chi connectivity index (χ0v) is 12.9. The maximum Gasteiger partial charge on any atom is 0.120 e. The Morgan fingerprint density at radius 3 is 2.78 bits per heavy atom. The van der Waals surface area contributed by atoms with Gasteiger partial charge in [0.15, 0.2) is 0 Å². The first kappa shape index (κ1) is 13.8. The number of alkyl halides is 1. The van der Waals surface area contributed by atoms with E-state index >= 15 is 0 Å². The second-order valence-corrected chi connectivity index (χ2v) is 7.38. The molecule has 0 saturated heterocycles. The van der Waals surface area contributed by atoms with Crippen LogP contribution in [0.3, 0.4) is 0 Å². The molecule has 0 radical (unpaired) electrons. The first-order valence-corrected chi connectivity index (χ1v) is 7.11. The molecule has 0 bridgehead atoms. The first-order valence-electron chi connectivity index (χ1n) is 6.32. The van der Waals surface area contributed by atoms with Crippen LogP contribution in [0.5, 0.6) is 0 Å². The Labute approximate surface area is 117 Å². The highest BCUT2D eigenvalue weighted by Gasteiger charge is 2.41. The fourth-order valence-corrected chi connectivity index (χ4v) is 4.23. The SMILES string of the molecule is CC1=CC(F)=CC(C)(Br)C1C(C)C1C=NN(C)C1. The molecule has 4 atom stereocenters. The molecule has 1 heterocycles. The van der Waals surface area contributed by atoms with Crippen molar-refractivity contribution in [2.45, 2.75) is 25.1 Å². The van der Waals surface area contributed by atoms with Crippen molar-refractivity contribution in [1.29, 1.82) is 0 Å². The molecule has 4 heteroatoms. The minimum atomic E-state index is -0.315. The second-order valence-electron chi connectivity index (χ2n) is 5.67. The molecular weight excluding hydrogens is 295 g/mol. The highest BCUT2D eigenvalue weighted by atomic mass is 79.9. The van der Waals surface area contributed by atoms with Crippen LogP contribution < -0.4 is 0 Å². The van der Waals surface area contributed by atoms with Gasteiger partial charge in [0, 0.05) is 31.6 Å². The van der Waals surface area contributed by atoms with Crippen molar-refractivity contribution in [2.24, 2.45) is 22.9 Å². The smallest absolute Gasteiger partial charge is 0.120 e. The van der Waals surface area contributed by atoms with E-state index in [1.807, 2.05) is 32.1 Å². The molecule has 0 fully saturated rings. The van der Waals surface area contributed by atoms with Crippen LogP contribution in [0.15, 0.2) is 28.7 Å². The van der Waals surface area contributed by atoms with E-state index < -0.39 is 0 Å². The minimum absolute atomic E-state index is 0.146. The Kier molecular flexibility index (Phi) is 3.67. The lowest BCUT2D eigenvalue weighted by molar-refractivity contribution is 0.262. The monoisotopic (exact) mass is 314 g/mol. The van der Waals surface area contributed by atoms with Crippen molar-refractivity contribution in [3.8, 4) is 0 Å². The summed E-state index contributed by atoms with van der Waals surface area (Å²) >= 11 is 3.69. The average molecular weight is 315 g/mol. The number of halogens is 2. The van der Waals surface area contributed by atoms with E-state index in [0.717, 1.165) is 12.1 Å². The summed E-state index contributed by atoms with van der Waals surface area (Å²) in [6.45, 7) is 7.23. The van der Waals surface area contributed by atoms with Gasteiger partial charge in [-0.05, 0) is 31.9 Å². The molecular formula is C14H20BrFN2. The molecule has 0 spiro atoms. The largest absolute Gasteiger partial charge is 0.300 e. The number of nitrogens with zero attached hydrogens (tertiary/aromatic N) is 2. The Morgan fingerprint density at radius 1 is 1.61 bits per heavy atom. The van der Waals surface area contributed by atoms with Gasteiger partial charge >= 0.3 is 0 Å². The minimum Gasteiger partial charge on any atom is -0.300 e. The van der Waals surface area contributed by atoms with Gasteiger partial charge in [-0.15, -0.1) is 0 Å². The highest BCUT2D eigenvalue weighted by Crippen LogP contribution is 2.45. The van der Waals surface area contributed by atoms with Crippen molar-refractivity contribution < 1.29 is 4.39 Å². The van der Waals surface area contributed by atoms with Gasteiger partial charge in [0.2, 0.25) is 0 Å². The Bertz CT molecular complexity index is 426. The third-order valence-electron chi connectivity index (χ3n) is 4.02. The molecule has 4 unspecified atom stereocenters. The number of allylic oxidation sites excluding steroid dienone is 4. The summed E-state index contributed by atoms with van der Waals surface area (Å²) in [5.74, 6) is 0.992. The van der Waals surface area contributed by atoms with Crippen molar-refractivity contribution in [3.05, 3.63) is 23.6 Å². The molecule has 0 saturated carbocycles. The predicted molar refractivity (Wildman–Crippen MR) is 77.5 cm³/mol. The number of hydrogen-bond donors (Lipinski definition) is 0. The fourth-order valence-electron chi connectivity index (χ4n) is 3.23. The molecule has 2 nitrogen and oxygen atoms in total. The number of hydrogen-bond acceptors (Lipinski definition) is 2.